The van der Waals surface area contributed by atoms with Crippen molar-refractivity contribution < 1.29 is 14.3 Å². The van der Waals surface area contributed by atoms with Gasteiger partial charge >= 0.3 is 5.97 Å². The number of rotatable bonds is 8. The maximum atomic E-state index is 11.8. The third-order valence-electron chi connectivity index (χ3n) is 4.18. The fraction of sp³-hybridized carbons (Fsp3) is 0.938. The van der Waals surface area contributed by atoms with E-state index in [1.165, 1.54) is 45.6 Å². The Labute approximate surface area is 123 Å². The van der Waals surface area contributed by atoms with Gasteiger partial charge in [-0.05, 0) is 39.2 Å². The SMILES string of the molecule is CCNC(C)(CCCOC1CCCCCC1)C(=O)OC. The Balaban J connectivity index is 2.27. The van der Waals surface area contributed by atoms with Gasteiger partial charge in [0.2, 0.25) is 0 Å². The molecule has 0 aromatic rings. The highest BCUT2D eigenvalue weighted by atomic mass is 16.5. The predicted octanol–water partition coefficient (Wildman–Crippen LogP) is 3.05. The first-order valence-electron chi connectivity index (χ1n) is 8.07. The molecule has 1 aliphatic carbocycles. The zero-order valence-corrected chi connectivity index (χ0v) is 13.4. The molecule has 4 heteroatoms. The van der Waals surface area contributed by atoms with Crippen molar-refractivity contribution in [2.75, 3.05) is 20.3 Å². The largest absolute Gasteiger partial charge is 0.468 e. The molecular weight excluding hydrogens is 254 g/mol. The molecule has 1 saturated carbocycles. The van der Waals surface area contributed by atoms with Crippen LogP contribution in [0.5, 0.6) is 0 Å². The van der Waals surface area contributed by atoms with Crippen LogP contribution in [-0.2, 0) is 14.3 Å². The lowest BCUT2D eigenvalue weighted by Gasteiger charge is -2.27. The van der Waals surface area contributed by atoms with Crippen molar-refractivity contribution >= 4 is 5.97 Å². The predicted molar refractivity (Wildman–Crippen MR) is 80.8 cm³/mol. The number of carbonyl (C=O) groups excluding carboxylic acids is 1. The second-order valence-corrected chi connectivity index (χ2v) is 5.94. The van der Waals surface area contributed by atoms with Crippen molar-refractivity contribution in [1.82, 2.24) is 5.32 Å². The first-order valence-corrected chi connectivity index (χ1v) is 8.07. The molecule has 0 bridgehead atoms. The number of hydrogen-bond acceptors (Lipinski definition) is 4. The molecule has 0 radical (unpaired) electrons. The first-order chi connectivity index (χ1) is 9.62. The number of likely N-dealkylation sites (N-methyl/N-ethyl adjacent to an activating group) is 1. The fourth-order valence-corrected chi connectivity index (χ4v) is 2.96. The number of nitrogens with one attached hydrogen (secondary N) is 1. The number of ether oxygens (including phenoxy) is 2. The van der Waals surface area contributed by atoms with Crippen LogP contribution in [0.4, 0.5) is 0 Å². The molecule has 1 atom stereocenters. The van der Waals surface area contributed by atoms with E-state index in [-0.39, 0.29) is 5.97 Å². The summed E-state index contributed by atoms with van der Waals surface area (Å²) in [5.41, 5.74) is -0.587. The van der Waals surface area contributed by atoms with Crippen LogP contribution < -0.4 is 5.32 Å². The molecule has 118 valence electrons. The van der Waals surface area contributed by atoms with Gasteiger partial charge in [-0.15, -0.1) is 0 Å². The van der Waals surface area contributed by atoms with Crippen LogP contribution in [0, 0.1) is 0 Å². The highest BCUT2D eigenvalue weighted by Crippen LogP contribution is 2.21. The van der Waals surface area contributed by atoms with Gasteiger partial charge in [-0.1, -0.05) is 32.6 Å². The molecule has 1 unspecified atom stereocenters. The Bertz CT molecular complexity index is 275. The van der Waals surface area contributed by atoms with Gasteiger partial charge in [-0.25, -0.2) is 0 Å². The zero-order chi connectivity index (χ0) is 14.8. The molecule has 1 aliphatic rings. The van der Waals surface area contributed by atoms with Crippen LogP contribution >= 0.6 is 0 Å². The van der Waals surface area contributed by atoms with Gasteiger partial charge < -0.3 is 14.8 Å². The highest BCUT2D eigenvalue weighted by Gasteiger charge is 2.32. The van der Waals surface area contributed by atoms with Gasteiger partial charge in [0.05, 0.1) is 13.2 Å². The minimum atomic E-state index is -0.587. The molecule has 0 aliphatic heterocycles. The lowest BCUT2D eigenvalue weighted by Crippen LogP contribution is -2.50. The monoisotopic (exact) mass is 285 g/mol. The summed E-state index contributed by atoms with van der Waals surface area (Å²) in [6, 6.07) is 0. The van der Waals surface area contributed by atoms with E-state index in [2.05, 4.69) is 5.32 Å². The molecule has 1 fully saturated rings. The van der Waals surface area contributed by atoms with E-state index in [0.717, 1.165) is 26.0 Å². The van der Waals surface area contributed by atoms with Crippen molar-refractivity contribution in [3.8, 4) is 0 Å². The van der Waals surface area contributed by atoms with Crippen molar-refractivity contribution in [3.63, 3.8) is 0 Å². The molecule has 0 heterocycles. The molecule has 1 rings (SSSR count). The standard InChI is InChI=1S/C16H31NO3/c1-4-17-16(2,15(18)19-3)12-9-13-20-14-10-7-5-6-8-11-14/h14,17H,4-13H2,1-3H3. The average molecular weight is 285 g/mol. The normalized spacial score (nSPS) is 20.1. The Morgan fingerprint density at radius 1 is 1.25 bits per heavy atom. The summed E-state index contributed by atoms with van der Waals surface area (Å²) in [6.45, 7) is 5.41. The number of hydrogen-bond donors (Lipinski definition) is 1. The second kappa shape index (κ2) is 9.35. The van der Waals surface area contributed by atoms with E-state index in [4.69, 9.17) is 9.47 Å². The van der Waals surface area contributed by atoms with E-state index in [1.54, 1.807) is 0 Å². The lowest BCUT2D eigenvalue weighted by atomic mass is 9.96. The molecule has 20 heavy (non-hydrogen) atoms. The Hall–Kier alpha value is -0.610. The minimum Gasteiger partial charge on any atom is -0.468 e. The molecule has 0 saturated heterocycles. The summed E-state index contributed by atoms with van der Waals surface area (Å²) in [7, 11) is 1.44. The van der Waals surface area contributed by atoms with E-state index in [0.29, 0.717) is 6.10 Å². The van der Waals surface area contributed by atoms with Gasteiger partial charge in [-0.3, -0.25) is 4.79 Å². The van der Waals surface area contributed by atoms with Crippen molar-refractivity contribution in [2.45, 2.75) is 76.9 Å². The molecular formula is C16H31NO3. The molecule has 1 N–H and O–H groups in total. The van der Waals surface area contributed by atoms with Gasteiger partial charge in [-0.2, -0.15) is 0 Å². The quantitative estimate of drug-likeness (QED) is 0.423. The van der Waals surface area contributed by atoms with Crippen LogP contribution in [-0.4, -0.2) is 37.9 Å². The van der Waals surface area contributed by atoms with E-state index in [9.17, 15) is 4.79 Å². The summed E-state index contributed by atoms with van der Waals surface area (Å²) < 4.78 is 10.9. The zero-order valence-electron chi connectivity index (χ0n) is 13.4. The second-order valence-electron chi connectivity index (χ2n) is 5.94. The maximum absolute atomic E-state index is 11.8. The summed E-state index contributed by atoms with van der Waals surface area (Å²) >= 11 is 0. The summed E-state index contributed by atoms with van der Waals surface area (Å²) in [5.74, 6) is -0.186. The van der Waals surface area contributed by atoms with Gasteiger partial charge in [0.1, 0.15) is 5.54 Å². The van der Waals surface area contributed by atoms with Crippen LogP contribution in [0.3, 0.4) is 0 Å². The molecule has 0 aromatic heterocycles. The summed E-state index contributed by atoms with van der Waals surface area (Å²) in [6.07, 6.45) is 9.74. The Morgan fingerprint density at radius 2 is 1.90 bits per heavy atom. The average Bonchev–Trinajstić information content (AvgIpc) is 2.71. The van der Waals surface area contributed by atoms with Gasteiger partial charge in [0.15, 0.2) is 0 Å². The topological polar surface area (TPSA) is 47.6 Å². The molecule has 4 nitrogen and oxygen atoms in total. The molecule has 0 amide bonds. The van der Waals surface area contributed by atoms with Gasteiger partial charge in [0.25, 0.3) is 0 Å². The number of methoxy groups -OCH3 is 1. The minimum absolute atomic E-state index is 0.186. The van der Waals surface area contributed by atoms with Crippen molar-refractivity contribution in [1.29, 1.82) is 0 Å². The van der Waals surface area contributed by atoms with Crippen LogP contribution in [0.1, 0.15) is 65.2 Å². The van der Waals surface area contributed by atoms with Crippen molar-refractivity contribution in [2.24, 2.45) is 0 Å². The van der Waals surface area contributed by atoms with Crippen molar-refractivity contribution in [3.05, 3.63) is 0 Å². The smallest absolute Gasteiger partial charge is 0.325 e. The Kier molecular flexibility index (Phi) is 8.15. The maximum Gasteiger partial charge on any atom is 0.325 e. The summed E-state index contributed by atoms with van der Waals surface area (Å²) in [4.78, 5) is 11.8. The first kappa shape index (κ1) is 17.4. The summed E-state index contributed by atoms with van der Waals surface area (Å²) in [5, 5.41) is 3.23. The number of esters is 1. The number of carbonyl (C=O) groups is 1. The molecule has 0 aromatic carbocycles. The van der Waals surface area contributed by atoms with E-state index < -0.39 is 5.54 Å². The third kappa shape index (κ3) is 5.80. The highest BCUT2D eigenvalue weighted by molar-refractivity contribution is 5.80. The Morgan fingerprint density at radius 3 is 2.45 bits per heavy atom. The van der Waals surface area contributed by atoms with Crippen LogP contribution in [0.2, 0.25) is 0 Å². The molecule has 0 spiro atoms. The van der Waals surface area contributed by atoms with Gasteiger partial charge in [0, 0.05) is 6.61 Å². The van der Waals surface area contributed by atoms with E-state index >= 15 is 0 Å². The third-order valence-corrected chi connectivity index (χ3v) is 4.18. The lowest BCUT2D eigenvalue weighted by molar-refractivity contribution is -0.148. The van der Waals surface area contributed by atoms with E-state index in [1.807, 2.05) is 13.8 Å². The van der Waals surface area contributed by atoms with Crippen LogP contribution in [0.25, 0.3) is 0 Å². The fourth-order valence-electron chi connectivity index (χ4n) is 2.96. The van der Waals surface area contributed by atoms with Crippen LogP contribution in [0.15, 0.2) is 0 Å².